The minimum absolute atomic E-state index is 0.0538. The van der Waals surface area contributed by atoms with Gasteiger partial charge in [0, 0.05) is 15.8 Å². The molecule has 0 saturated carbocycles. The normalized spacial score (nSPS) is 11.9. The maximum Gasteiger partial charge on any atom is 0.242 e. The molecule has 0 heterocycles. The maximum atomic E-state index is 11.8. The van der Waals surface area contributed by atoms with E-state index in [1.54, 1.807) is 0 Å². The van der Waals surface area contributed by atoms with Crippen LogP contribution in [-0.2, 0) is 4.79 Å². The molecule has 2 N–H and O–H groups in total. The maximum absolute atomic E-state index is 11.8. The van der Waals surface area contributed by atoms with E-state index < -0.39 is 0 Å². The Hall–Kier alpha value is -0.780. The number of benzene rings is 1. The zero-order valence-electron chi connectivity index (χ0n) is 10.3. The van der Waals surface area contributed by atoms with E-state index in [-0.39, 0.29) is 11.9 Å². The van der Waals surface area contributed by atoms with Crippen molar-refractivity contribution in [1.29, 1.82) is 0 Å². The number of rotatable bonds is 6. The van der Waals surface area contributed by atoms with E-state index in [2.05, 4.69) is 40.1 Å². The van der Waals surface area contributed by atoms with Gasteiger partial charge in [-0.3, -0.25) is 4.79 Å². The molecular formula is C13H19IN2O. The Morgan fingerprint density at radius 1 is 1.41 bits per heavy atom. The van der Waals surface area contributed by atoms with E-state index in [1.807, 2.05) is 31.2 Å². The Balaban J connectivity index is 2.46. The number of carbonyl (C=O) groups is 1. The fraction of sp³-hybridized carbons (Fsp3) is 0.462. The number of unbranched alkanes of at least 4 members (excludes halogenated alkanes) is 1. The molecule has 0 aromatic heterocycles. The molecule has 94 valence electrons. The highest BCUT2D eigenvalue weighted by atomic mass is 127. The van der Waals surface area contributed by atoms with Crippen LogP contribution in [0.3, 0.4) is 0 Å². The number of hydrogen-bond acceptors (Lipinski definition) is 2. The molecule has 1 rings (SSSR count). The standard InChI is InChI=1S/C13H19IN2O/c1-3-4-9-15-13(17)10(2)16-12-8-6-5-7-11(12)14/h5-8,10,16H,3-4,9H2,1-2H3,(H,15,17). The number of halogens is 1. The van der Waals surface area contributed by atoms with Crippen molar-refractivity contribution in [2.45, 2.75) is 32.7 Å². The van der Waals surface area contributed by atoms with Gasteiger partial charge in [0.25, 0.3) is 0 Å². The second-order valence-corrected chi connectivity index (χ2v) is 5.15. The molecule has 0 aliphatic heterocycles. The summed E-state index contributed by atoms with van der Waals surface area (Å²) < 4.78 is 1.12. The van der Waals surface area contributed by atoms with Crippen LogP contribution in [0, 0.1) is 3.57 Å². The van der Waals surface area contributed by atoms with Gasteiger partial charge in [-0.25, -0.2) is 0 Å². The van der Waals surface area contributed by atoms with Crippen LogP contribution in [0.5, 0.6) is 0 Å². The van der Waals surface area contributed by atoms with Crippen molar-refractivity contribution < 1.29 is 4.79 Å². The SMILES string of the molecule is CCCCNC(=O)C(C)Nc1ccccc1I. The summed E-state index contributed by atoms with van der Waals surface area (Å²) in [5.41, 5.74) is 1.01. The van der Waals surface area contributed by atoms with Gasteiger partial charge in [-0.2, -0.15) is 0 Å². The van der Waals surface area contributed by atoms with Crippen LogP contribution in [0.15, 0.2) is 24.3 Å². The Bertz CT molecular complexity index is 368. The number of hydrogen-bond donors (Lipinski definition) is 2. The zero-order valence-corrected chi connectivity index (χ0v) is 12.5. The van der Waals surface area contributed by atoms with Crippen LogP contribution in [0.1, 0.15) is 26.7 Å². The van der Waals surface area contributed by atoms with Crippen LogP contribution in [0.2, 0.25) is 0 Å². The van der Waals surface area contributed by atoms with Gasteiger partial charge in [0.15, 0.2) is 0 Å². The van der Waals surface area contributed by atoms with E-state index >= 15 is 0 Å². The number of nitrogens with one attached hydrogen (secondary N) is 2. The van der Waals surface area contributed by atoms with Gasteiger partial charge < -0.3 is 10.6 Å². The lowest BCUT2D eigenvalue weighted by atomic mass is 10.2. The predicted molar refractivity (Wildman–Crippen MR) is 80.2 cm³/mol. The van der Waals surface area contributed by atoms with Crippen molar-refractivity contribution in [2.75, 3.05) is 11.9 Å². The third kappa shape index (κ3) is 4.93. The van der Waals surface area contributed by atoms with E-state index in [4.69, 9.17) is 0 Å². The summed E-state index contributed by atoms with van der Waals surface area (Å²) in [6, 6.07) is 7.75. The molecule has 0 bridgehead atoms. The Morgan fingerprint density at radius 3 is 2.76 bits per heavy atom. The van der Waals surface area contributed by atoms with E-state index in [1.165, 1.54) is 0 Å². The molecule has 3 nitrogen and oxygen atoms in total. The quantitative estimate of drug-likeness (QED) is 0.614. The molecule has 0 radical (unpaired) electrons. The first-order chi connectivity index (χ1) is 8.15. The molecule has 0 fully saturated rings. The monoisotopic (exact) mass is 346 g/mol. The van der Waals surface area contributed by atoms with Gasteiger partial charge in [-0.1, -0.05) is 25.5 Å². The molecule has 1 aromatic carbocycles. The Morgan fingerprint density at radius 2 is 2.12 bits per heavy atom. The zero-order chi connectivity index (χ0) is 12.7. The number of anilines is 1. The molecule has 0 aliphatic carbocycles. The van der Waals surface area contributed by atoms with Gasteiger partial charge in [-0.15, -0.1) is 0 Å². The second-order valence-electron chi connectivity index (χ2n) is 3.99. The fourth-order valence-corrected chi connectivity index (χ4v) is 1.96. The molecule has 0 saturated heterocycles. The lowest BCUT2D eigenvalue weighted by Gasteiger charge is -2.16. The number of amides is 1. The lowest BCUT2D eigenvalue weighted by molar-refractivity contribution is -0.121. The topological polar surface area (TPSA) is 41.1 Å². The summed E-state index contributed by atoms with van der Waals surface area (Å²) in [6.07, 6.45) is 2.13. The second kappa shape index (κ2) is 7.53. The molecule has 4 heteroatoms. The fourth-order valence-electron chi connectivity index (χ4n) is 1.42. The minimum Gasteiger partial charge on any atom is -0.373 e. The van der Waals surface area contributed by atoms with Gasteiger partial charge in [0.05, 0.1) is 0 Å². The number of carbonyl (C=O) groups excluding carboxylic acids is 1. The van der Waals surface area contributed by atoms with Crippen molar-refractivity contribution in [2.24, 2.45) is 0 Å². The van der Waals surface area contributed by atoms with Crippen molar-refractivity contribution in [1.82, 2.24) is 5.32 Å². The third-order valence-electron chi connectivity index (χ3n) is 2.47. The highest BCUT2D eigenvalue weighted by Crippen LogP contribution is 2.17. The van der Waals surface area contributed by atoms with Crippen LogP contribution in [-0.4, -0.2) is 18.5 Å². The highest BCUT2D eigenvalue weighted by molar-refractivity contribution is 14.1. The van der Waals surface area contributed by atoms with E-state index in [0.717, 1.165) is 28.6 Å². The first-order valence-electron chi connectivity index (χ1n) is 5.94. The summed E-state index contributed by atoms with van der Waals surface area (Å²) in [6.45, 7) is 4.75. The summed E-state index contributed by atoms with van der Waals surface area (Å²) in [7, 11) is 0. The van der Waals surface area contributed by atoms with Crippen molar-refractivity contribution in [3.63, 3.8) is 0 Å². The van der Waals surface area contributed by atoms with Crippen molar-refractivity contribution in [3.8, 4) is 0 Å². The van der Waals surface area contributed by atoms with Gasteiger partial charge >= 0.3 is 0 Å². The summed E-state index contributed by atoms with van der Waals surface area (Å²) in [4.78, 5) is 11.8. The van der Waals surface area contributed by atoms with Crippen LogP contribution in [0.4, 0.5) is 5.69 Å². The predicted octanol–water partition coefficient (Wildman–Crippen LogP) is 3.01. The molecule has 1 aromatic rings. The van der Waals surface area contributed by atoms with Crippen LogP contribution < -0.4 is 10.6 Å². The lowest BCUT2D eigenvalue weighted by Crippen LogP contribution is -2.38. The largest absolute Gasteiger partial charge is 0.373 e. The Kier molecular flexibility index (Phi) is 6.32. The molecule has 1 atom stereocenters. The minimum atomic E-state index is -0.206. The summed E-state index contributed by atoms with van der Waals surface area (Å²) >= 11 is 2.26. The van der Waals surface area contributed by atoms with Gasteiger partial charge in [0.2, 0.25) is 5.91 Å². The molecule has 1 amide bonds. The Labute approximate surface area is 117 Å². The van der Waals surface area contributed by atoms with Gasteiger partial charge in [-0.05, 0) is 48.1 Å². The highest BCUT2D eigenvalue weighted by Gasteiger charge is 2.12. The van der Waals surface area contributed by atoms with Crippen LogP contribution >= 0.6 is 22.6 Å². The first-order valence-corrected chi connectivity index (χ1v) is 7.01. The average Bonchev–Trinajstić information content (AvgIpc) is 2.32. The number of para-hydroxylation sites is 1. The summed E-state index contributed by atoms with van der Waals surface area (Å²) in [5, 5.41) is 6.14. The smallest absolute Gasteiger partial charge is 0.242 e. The molecule has 1 unspecified atom stereocenters. The average molecular weight is 346 g/mol. The van der Waals surface area contributed by atoms with Crippen LogP contribution in [0.25, 0.3) is 0 Å². The van der Waals surface area contributed by atoms with Crippen molar-refractivity contribution >= 4 is 34.2 Å². The molecule has 17 heavy (non-hydrogen) atoms. The van der Waals surface area contributed by atoms with E-state index in [0.29, 0.717) is 0 Å². The molecular weight excluding hydrogens is 327 g/mol. The molecule has 0 spiro atoms. The van der Waals surface area contributed by atoms with E-state index in [9.17, 15) is 4.79 Å². The third-order valence-corrected chi connectivity index (χ3v) is 3.41. The first kappa shape index (κ1) is 14.3. The summed E-state index contributed by atoms with van der Waals surface area (Å²) in [5.74, 6) is 0.0538. The van der Waals surface area contributed by atoms with Gasteiger partial charge in [0.1, 0.15) is 6.04 Å². The van der Waals surface area contributed by atoms with Crippen molar-refractivity contribution in [3.05, 3.63) is 27.8 Å². The molecule has 0 aliphatic rings.